The van der Waals surface area contributed by atoms with E-state index in [4.69, 9.17) is 10.5 Å². The number of nitrogen functional groups attached to an aromatic ring is 1. The number of carbonyl (C=O) groups is 2. The molecule has 144 valence electrons. The van der Waals surface area contributed by atoms with Crippen LogP contribution in [0.3, 0.4) is 0 Å². The van der Waals surface area contributed by atoms with E-state index in [-0.39, 0.29) is 34.7 Å². The van der Waals surface area contributed by atoms with Crippen LogP contribution in [0.4, 0.5) is 11.5 Å². The number of ketones is 1. The number of rotatable bonds is 8. The van der Waals surface area contributed by atoms with Gasteiger partial charge in [0.15, 0.2) is 10.9 Å². The van der Waals surface area contributed by atoms with Crippen molar-refractivity contribution in [2.45, 2.75) is 12.1 Å². The van der Waals surface area contributed by atoms with Crippen molar-refractivity contribution in [1.29, 1.82) is 0 Å². The molecule has 27 heavy (non-hydrogen) atoms. The zero-order valence-electron chi connectivity index (χ0n) is 14.6. The number of benzene rings is 1. The second-order valence-electron chi connectivity index (χ2n) is 5.34. The predicted molar refractivity (Wildman–Crippen MR) is 102 cm³/mol. The van der Waals surface area contributed by atoms with Crippen molar-refractivity contribution >= 4 is 45.0 Å². The smallest absolute Gasteiger partial charge is 0.343 e. The number of anilines is 2. The molecule has 2 aromatic rings. The Balaban J connectivity index is 1.99. The number of hydrogen-bond acceptors (Lipinski definition) is 9. The van der Waals surface area contributed by atoms with E-state index in [2.05, 4.69) is 14.7 Å². The van der Waals surface area contributed by atoms with Crippen molar-refractivity contribution in [1.82, 2.24) is 9.97 Å². The van der Waals surface area contributed by atoms with Gasteiger partial charge in [0.2, 0.25) is 10.0 Å². The quantitative estimate of drug-likeness (QED) is 0.287. The third kappa shape index (κ3) is 6.22. The van der Waals surface area contributed by atoms with E-state index in [0.29, 0.717) is 11.3 Å². The highest BCUT2D eigenvalue weighted by Gasteiger charge is 2.15. The largest absolute Gasteiger partial charge is 0.462 e. The number of nitrogens with one attached hydrogen (secondary N) is 1. The lowest BCUT2D eigenvalue weighted by Gasteiger charge is -2.06. The minimum absolute atomic E-state index is 0.0189. The second-order valence-corrected chi connectivity index (χ2v) is 8.03. The van der Waals surface area contributed by atoms with E-state index < -0.39 is 16.0 Å². The Hall–Kier alpha value is -2.66. The monoisotopic (exact) mass is 410 g/mol. The third-order valence-electron chi connectivity index (χ3n) is 3.13. The molecule has 0 spiro atoms. The lowest BCUT2D eigenvalue weighted by atomic mass is 10.1. The molecule has 0 bridgehead atoms. The molecule has 1 aromatic carbocycles. The van der Waals surface area contributed by atoms with Gasteiger partial charge in [0, 0.05) is 17.4 Å². The summed E-state index contributed by atoms with van der Waals surface area (Å²) in [5.41, 5.74) is 6.58. The molecule has 2 rings (SSSR count). The molecule has 0 aliphatic heterocycles. The number of nitrogens with zero attached hydrogens (tertiary/aromatic N) is 2. The minimum atomic E-state index is -3.37. The van der Waals surface area contributed by atoms with Gasteiger partial charge in [-0.3, -0.25) is 9.52 Å². The van der Waals surface area contributed by atoms with Crippen LogP contribution in [0, 0.1) is 0 Å². The minimum Gasteiger partial charge on any atom is -0.462 e. The third-order valence-corrected chi connectivity index (χ3v) is 4.60. The zero-order valence-corrected chi connectivity index (χ0v) is 16.3. The van der Waals surface area contributed by atoms with Gasteiger partial charge in [-0.1, -0.05) is 11.8 Å². The normalized spacial score (nSPS) is 11.0. The van der Waals surface area contributed by atoms with Crippen LogP contribution < -0.4 is 10.5 Å². The van der Waals surface area contributed by atoms with E-state index in [9.17, 15) is 18.0 Å². The Bertz CT molecular complexity index is 946. The first-order chi connectivity index (χ1) is 12.7. The maximum atomic E-state index is 12.2. The van der Waals surface area contributed by atoms with Gasteiger partial charge in [-0.15, -0.1) is 0 Å². The number of Topliss-reactive ketones (excluding diaryl/α,β-unsaturated/α-hetero) is 1. The first-order valence-electron chi connectivity index (χ1n) is 7.73. The van der Waals surface area contributed by atoms with E-state index in [1.165, 1.54) is 30.5 Å². The van der Waals surface area contributed by atoms with Crippen molar-refractivity contribution < 1.29 is 22.7 Å². The summed E-state index contributed by atoms with van der Waals surface area (Å²) in [4.78, 5) is 31.9. The lowest BCUT2D eigenvalue weighted by molar-refractivity contribution is 0.0526. The number of sulfonamides is 1. The molecule has 3 N–H and O–H groups in total. The Morgan fingerprint density at radius 3 is 2.48 bits per heavy atom. The molecule has 1 aromatic heterocycles. The second kappa shape index (κ2) is 8.82. The average Bonchev–Trinajstić information content (AvgIpc) is 2.59. The SMILES string of the molecule is CCOC(=O)c1cnc(SCC(=O)c2ccc(NS(C)(=O)=O)cc2)nc1N. The van der Waals surface area contributed by atoms with Crippen molar-refractivity contribution in [2.24, 2.45) is 0 Å². The average molecular weight is 410 g/mol. The molecule has 0 saturated carbocycles. The summed E-state index contributed by atoms with van der Waals surface area (Å²) in [6.45, 7) is 1.89. The summed E-state index contributed by atoms with van der Waals surface area (Å²) in [6.07, 6.45) is 2.31. The number of nitrogens with two attached hydrogens (primary N) is 1. The molecular weight excluding hydrogens is 392 g/mol. The maximum Gasteiger partial charge on any atom is 0.343 e. The molecule has 0 atom stereocenters. The molecule has 0 amide bonds. The number of ether oxygens (including phenoxy) is 1. The van der Waals surface area contributed by atoms with E-state index >= 15 is 0 Å². The van der Waals surface area contributed by atoms with Crippen molar-refractivity contribution in [3.8, 4) is 0 Å². The molecule has 0 unspecified atom stereocenters. The number of esters is 1. The van der Waals surface area contributed by atoms with Crippen LogP contribution in [0.15, 0.2) is 35.6 Å². The summed E-state index contributed by atoms with van der Waals surface area (Å²) >= 11 is 1.07. The van der Waals surface area contributed by atoms with Gasteiger partial charge in [0.1, 0.15) is 11.4 Å². The van der Waals surface area contributed by atoms with E-state index in [1.807, 2.05) is 0 Å². The Kier molecular flexibility index (Phi) is 6.75. The predicted octanol–water partition coefficient (Wildman–Crippen LogP) is 1.58. The van der Waals surface area contributed by atoms with Gasteiger partial charge >= 0.3 is 5.97 Å². The van der Waals surface area contributed by atoms with Crippen LogP contribution >= 0.6 is 11.8 Å². The molecular formula is C16H18N4O5S2. The molecule has 1 heterocycles. The van der Waals surface area contributed by atoms with Crippen LogP contribution in [0.1, 0.15) is 27.6 Å². The standard InChI is InChI=1S/C16H18N4O5S2/c1-3-25-15(22)12-8-18-16(19-14(12)17)26-9-13(21)10-4-6-11(7-5-10)20-27(2,23)24/h4-8,20H,3,9H2,1-2H3,(H2,17,18,19). The molecule has 0 aliphatic rings. The molecule has 0 aliphatic carbocycles. The summed E-state index contributed by atoms with van der Waals surface area (Å²) in [5, 5.41) is 0.254. The lowest BCUT2D eigenvalue weighted by Crippen LogP contribution is -2.11. The van der Waals surface area contributed by atoms with Gasteiger partial charge in [0.25, 0.3) is 0 Å². The first kappa shape index (κ1) is 20.6. The van der Waals surface area contributed by atoms with Gasteiger partial charge in [-0.05, 0) is 31.2 Å². The highest BCUT2D eigenvalue weighted by Crippen LogP contribution is 2.19. The summed E-state index contributed by atoms with van der Waals surface area (Å²) in [6, 6.07) is 6.05. The van der Waals surface area contributed by atoms with Crippen LogP contribution in [-0.4, -0.2) is 48.8 Å². The zero-order chi connectivity index (χ0) is 20.0. The van der Waals surface area contributed by atoms with Crippen LogP contribution in [0.25, 0.3) is 0 Å². The number of carbonyl (C=O) groups excluding carboxylic acids is 2. The fourth-order valence-corrected chi connectivity index (χ4v) is 3.25. The van der Waals surface area contributed by atoms with Crippen molar-refractivity contribution in [3.05, 3.63) is 41.6 Å². The highest BCUT2D eigenvalue weighted by molar-refractivity contribution is 7.99. The van der Waals surface area contributed by atoms with E-state index in [0.717, 1.165) is 18.0 Å². The van der Waals surface area contributed by atoms with Gasteiger partial charge < -0.3 is 10.5 Å². The summed E-state index contributed by atoms with van der Waals surface area (Å²) < 4.78 is 29.5. The number of thioether (sulfide) groups is 1. The Morgan fingerprint density at radius 1 is 1.26 bits per heavy atom. The molecule has 0 saturated heterocycles. The topological polar surface area (TPSA) is 141 Å². The van der Waals surface area contributed by atoms with Crippen LogP contribution in [0.2, 0.25) is 0 Å². The number of hydrogen-bond donors (Lipinski definition) is 2. The Labute approximate surface area is 160 Å². The van der Waals surface area contributed by atoms with E-state index in [1.54, 1.807) is 6.92 Å². The van der Waals surface area contributed by atoms with Crippen LogP contribution in [-0.2, 0) is 14.8 Å². The van der Waals surface area contributed by atoms with Gasteiger partial charge in [-0.2, -0.15) is 0 Å². The van der Waals surface area contributed by atoms with Crippen LogP contribution in [0.5, 0.6) is 0 Å². The van der Waals surface area contributed by atoms with Crippen molar-refractivity contribution in [3.63, 3.8) is 0 Å². The molecule has 11 heteroatoms. The van der Waals surface area contributed by atoms with Gasteiger partial charge in [-0.25, -0.2) is 23.2 Å². The summed E-state index contributed by atoms with van der Waals surface area (Å²) in [7, 11) is -3.37. The van der Waals surface area contributed by atoms with Crippen molar-refractivity contribution in [2.75, 3.05) is 29.1 Å². The van der Waals surface area contributed by atoms with Gasteiger partial charge in [0.05, 0.1) is 18.6 Å². The molecule has 0 radical (unpaired) electrons. The molecule has 9 nitrogen and oxygen atoms in total. The number of aromatic nitrogens is 2. The maximum absolute atomic E-state index is 12.2. The Morgan fingerprint density at radius 2 is 1.93 bits per heavy atom. The fraction of sp³-hybridized carbons (Fsp3) is 0.250. The highest BCUT2D eigenvalue weighted by atomic mass is 32.2. The molecule has 0 fully saturated rings. The fourth-order valence-electron chi connectivity index (χ4n) is 1.97. The first-order valence-corrected chi connectivity index (χ1v) is 10.6. The summed E-state index contributed by atoms with van der Waals surface area (Å²) in [5.74, 6) is -0.764.